The molecule has 2 N–H and O–H groups in total. The van der Waals surface area contributed by atoms with E-state index in [9.17, 15) is 13.2 Å². The van der Waals surface area contributed by atoms with Gasteiger partial charge in [-0.2, -0.15) is 0 Å². The SMILES string of the molecule is Cc1ccc(S(=O)(=O)n2cc(-c3ccc4ncc(NCC5CCOCC5)cc4c3)c3cc(C(=O)NCc4cccnc4)cnc32)cc1. The fraction of sp³-hybridized carbons (Fsp3) is 0.222. The Morgan fingerprint density at radius 2 is 1.81 bits per heavy atom. The van der Waals surface area contributed by atoms with Crippen molar-refractivity contribution in [3.63, 3.8) is 0 Å². The first-order valence-electron chi connectivity index (χ1n) is 15.6. The Balaban J connectivity index is 1.28. The van der Waals surface area contributed by atoms with Crippen LogP contribution in [0.25, 0.3) is 33.1 Å². The molecule has 10 nitrogen and oxygen atoms in total. The van der Waals surface area contributed by atoms with E-state index in [1.165, 1.54) is 10.2 Å². The summed E-state index contributed by atoms with van der Waals surface area (Å²) in [4.78, 5) is 26.7. The van der Waals surface area contributed by atoms with Gasteiger partial charge < -0.3 is 15.4 Å². The van der Waals surface area contributed by atoms with Crippen molar-refractivity contribution in [1.29, 1.82) is 0 Å². The standard InChI is InChI=1S/C36H34N6O4S/c1-24-4-7-31(8-5-24)47(44,45)42-23-33(32-17-29(21-40-35(32)42)36(43)41-20-26-3-2-12-37-18-26)27-6-9-34-28(15-27)16-30(22-39-34)38-19-25-10-13-46-14-11-25/h2-9,12,15-18,21-23,25,38H,10-11,13-14,19-20H2,1H3,(H,41,43). The minimum absolute atomic E-state index is 0.148. The lowest BCUT2D eigenvalue weighted by Crippen LogP contribution is -2.23. The quantitative estimate of drug-likeness (QED) is 0.197. The third kappa shape index (κ3) is 6.45. The van der Waals surface area contributed by atoms with Gasteiger partial charge in [-0.25, -0.2) is 17.4 Å². The van der Waals surface area contributed by atoms with Crippen molar-refractivity contribution in [3.8, 4) is 11.1 Å². The van der Waals surface area contributed by atoms with Gasteiger partial charge in [-0.3, -0.25) is 14.8 Å². The van der Waals surface area contributed by atoms with Crippen LogP contribution in [0.2, 0.25) is 0 Å². The van der Waals surface area contributed by atoms with Crippen LogP contribution >= 0.6 is 0 Å². The number of benzene rings is 2. The van der Waals surface area contributed by atoms with Crippen molar-refractivity contribution in [2.24, 2.45) is 5.92 Å². The summed E-state index contributed by atoms with van der Waals surface area (Å²) in [5.74, 6) is 0.224. The smallest absolute Gasteiger partial charge is 0.269 e. The van der Waals surface area contributed by atoms with Crippen LogP contribution in [-0.4, -0.2) is 53.0 Å². The van der Waals surface area contributed by atoms with E-state index in [4.69, 9.17) is 4.74 Å². The number of aromatic nitrogens is 4. The van der Waals surface area contributed by atoms with Crippen molar-refractivity contribution in [1.82, 2.24) is 24.2 Å². The highest BCUT2D eigenvalue weighted by Gasteiger charge is 2.24. The number of hydrogen-bond donors (Lipinski definition) is 2. The molecule has 1 fully saturated rings. The number of aryl methyl sites for hydroxylation is 1. The first-order chi connectivity index (χ1) is 22.8. The van der Waals surface area contributed by atoms with Crippen LogP contribution in [0.1, 0.15) is 34.3 Å². The van der Waals surface area contributed by atoms with Gasteiger partial charge in [0.2, 0.25) is 0 Å². The number of nitrogens with one attached hydrogen (secondary N) is 2. The molecule has 0 spiro atoms. The maximum absolute atomic E-state index is 14.0. The molecular formula is C36H34N6O4S. The first-order valence-corrected chi connectivity index (χ1v) is 17.0. The zero-order valence-electron chi connectivity index (χ0n) is 25.9. The highest BCUT2D eigenvalue weighted by Crippen LogP contribution is 2.34. The van der Waals surface area contributed by atoms with Gasteiger partial charge in [-0.1, -0.05) is 29.8 Å². The number of fused-ring (bicyclic) bond motifs is 2. The van der Waals surface area contributed by atoms with E-state index in [-0.39, 0.29) is 16.4 Å². The van der Waals surface area contributed by atoms with Crippen molar-refractivity contribution in [3.05, 3.63) is 114 Å². The lowest BCUT2D eigenvalue weighted by atomic mass is 10.0. The van der Waals surface area contributed by atoms with Crippen LogP contribution in [-0.2, 0) is 21.3 Å². The van der Waals surface area contributed by atoms with Gasteiger partial charge in [0.15, 0.2) is 5.65 Å². The molecule has 0 atom stereocenters. The van der Waals surface area contributed by atoms with E-state index in [0.717, 1.165) is 65.9 Å². The number of rotatable bonds is 9. The summed E-state index contributed by atoms with van der Waals surface area (Å²) in [6, 6.07) is 20.0. The van der Waals surface area contributed by atoms with Gasteiger partial charge in [-0.15, -0.1) is 0 Å². The number of pyridine rings is 3. The average molecular weight is 647 g/mol. The monoisotopic (exact) mass is 646 g/mol. The normalized spacial score (nSPS) is 14.0. The number of carbonyl (C=O) groups excluding carboxylic acids is 1. The third-order valence-electron chi connectivity index (χ3n) is 8.56. The summed E-state index contributed by atoms with van der Waals surface area (Å²) in [6.07, 6.45) is 10.3. The van der Waals surface area contributed by atoms with E-state index < -0.39 is 10.0 Å². The second kappa shape index (κ2) is 12.9. The van der Waals surface area contributed by atoms with Gasteiger partial charge >= 0.3 is 0 Å². The number of carbonyl (C=O) groups is 1. The van der Waals surface area contributed by atoms with Crippen LogP contribution in [0.4, 0.5) is 5.69 Å². The van der Waals surface area contributed by atoms with Crippen LogP contribution < -0.4 is 10.6 Å². The van der Waals surface area contributed by atoms with Gasteiger partial charge in [-0.05, 0) is 79.3 Å². The van der Waals surface area contributed by atoms with Crippen LogP contribution in [0.5, 0.6) is 0 Å². The molecule has 1 aliphatic rings. The molecule has 0 bridgehead atoms. The van der Waals surface area contributed by atoms with Crippen molar-refractivity contribution in [2.45, 2.75) is 31.2 Å². The van der Waals surface area contributed by atoms with E-state index in [0.29, 0.717) is 29.0 Å². The molecule has 11 heteroatoms. The Kier molecular flexibility index (Phi) is 8.40. The first kappa shape index (κ1) is 30.5. The fourth-order valence-electron chi connectivity index (χ4n) is 5.84. The molecule has 1 aliphatic heterocycles. The predicted molar refractivity (Wildman–Crippen MR) is 182 cm³/mol. The molecule has 1 saturated heterocycles. The van der Waals surface area contributed by atoms with Crippen LogP contribution in [0.15, 0.2) is 103 Å². The summed E-state index contributed by atoms with van der Waals surface area (Å²) in [6.45, 7) is 4.63. The molecule has 0 saturated carbocycles. The van der Waals surface area contributed by atoms with E-state index in [2.05, 4.69) is 31.7 Å². The Labute approximate surface area is 272 Å². The molecular weight excluding hydrogens is 613 g/mol. The molecule has 0 radical (unpaired) electrons. The second-order valence-electron chi connectivity index (χ2n) is 11.9. The topological polar surface area (TPSA) is 128 Å². The van der Waals surface area contributed by atoms with Crippen molar-refractivity contribution < 1.29 is 17.9 Å². The van der Waals surface area contributed by atoms with Crippen molar-refractivity contribution >= 4 is 43.6 Å². The van der Waals surface area contributed by atoms with Gasteiger partial charge in [0.1, 0.15) is 0 Å². The molecule has 0 unspecified atom stereocenters. The van der Waals surface area contributed by atoms with Crippen LogP contribution in [0.3, 0.4) is 0 Å². The van der Waals surface area contributed by atoms with Crippen LogP contribution in [0, 0.1) is 12.8 Å². The molecule has 6 aromatic rings. The van der Waals surface area contributed by atoms with Gasteiger partial charge in [0, 0.05) is 67.4 Å². The van der Waals surface area contributed by atoms with Crippen molar-refractivity contribution in [2.75, 3.05) is 25.1 Å². The maximum Gasteiger partial charge on any atom is 0.269 e. The summed E-state index contributed by atoms with van der Waals surface area (Å²) in [5.41, 5.74) is 5.50. The fourth-order valence-corrected chi connectivity index (χ4v) is 7.16. The summed E-state index contributed by atoms with van der Waals surface area (Å²) in [5, 5.41) is 7.87. The van der Waals surface area contributed by atoms with E-state index >= 15 is 0 Å². The summed E-state index contributed by atoms with van der Waals surface area (Å²) < 4.78 is 34.6. The zero-order valence-corrected chi connectivity index (χ0v) is 26.7. The molecule has 5 heterocycles. The zero-order chi connectivity index (χ0) is 32.4. The van der Waals surface area contributed by atoms with Gasteiger partial charge in [0.05, 0.1) is 27.9 Å². The molecule has 1 amide bonds. The second-order valence-corrected chi connectivity index (χ2v) is 13.7. The Morgan fingerprint density at radius 3 is 2.60 bits per heavy atom. The summed E-state index contributed by atoms with van der Waals surface area (Å²) in [7, 11) is -4.00. The number of anilines is 1. The van der Waals surface area contributed by atoms with E-state index in [1.54, 1.807) is 48.9 Å². The minimum Gasteiger partial charge on any atom is -0.384 e. The molecule has 238 valence electrons. The highest BCUT2D eigenvalue weighted by atomic mass is 32.2. The van der Waals surface area contributed by atoms with Gasteiger partial charge in [0.25, 0.3) is 15.9 Å². The molecule has 0 aliphatic carbocycles. The average Bonchev–Trinajstić information content (AvgIpc) is 3.50. The lowest BCUT2D eigenvalue weighted by Gasteiger charge is -2.22. The Morgan fingerprint density at radius 1 is 0.979 bits per heavy atom. The molecule has 4 aromatic heterocycles. The molecule has 2 aromatic carbocycles. The number of ether oxygens (including phenoxy) is 1. The minimum atomic E-state index is -4.00. The largest absolute Gasteiger partial charge is 0.384 e. The predicted octanol–water partition coefficient (Wildman–Crippen LogP) is 5.96. The number of hydrogen-bond acceptors (Lipinski definition) is 8. The maximum atomic E-state index is 14.0. The highest BCUT2D eigenvalue weighted by molar-refractivity contribution is 7.90. The van der Waals surface area contributed by atoms with E-state index in [1.807, 2.05) is 43.5 Å². The summed E-state index contributed by atoms with van der Waals surface area (Å²) >= 11 is 0. The molecule has 7 rings (SSSR count). The molecule has 47 heavy (non-hydrogen) atoms. The third-order valence-corrected chi connectivity index (χ3v) is 10.2. The lowest BCUT2D eigenvalue weighted by molar-refractivity contribution is 0.0699. The number of nitrogens with zero attached hydrogens (tertiary/aromatic N) is 4. The Bertz CT molecular complexity index is 2180. The Hall–Kier alpha value is -5.13. The number of amides is 1.